The summed E-state index contributed by atoms with van der Waals surface area (Å²) in [4.78, 5) is 11.2. The molecule has 24 heavy (non-hydrogen) atoms. The molecule has 0 amide bonds. The Balaban J connectivity index is 2.21. The van der Waals surface area contributed by atoms with E-state index >= 15 is 0 Å². The number of ether oxygens (including phenoxy) is 1. The van der Waals surface area contributed by atoms with Crippen molar-refractivity contribution in [2.24, 2.45) is 17.3 Å². The second-order valence-electron chi connectivity index (χ2n) is 8.23. The molecule has 0 N–H and O–H groups in total. The average molecular weight is 331 g/mol. The van der Waals surface area contributed by atoms with Crippen molar-refractivity contribution in [1.29, 1.82) is 0 Å². The Morgan fingerprint density at radius 1 is 1.29 bits per heavy atom. The Morgan fingerprint density at radius 2 is 2.04 bits per heavy atom. The molecular weight excluding hydrogens is 296 g/mol. The smallest absolute Gasteiger partial charge is 0.302 e. The fraction of sp³-hybridized carbons (Fsp3) is 0.682. The number of carbonyl (C=O) groups excluding carboxylic acids is 1. The van der Waals surface area contributed by atoms with E-state index in [4.69, 9.17) is 4.74 Å². The summed E-state index contributed by atoms with van der Waals surface area (Å²) in [6.45, 7) is 13.1. The molecule has 134 valence electrons. The summed E-state index contributed by atoms with van der Waals surface area (Å²) >= 11 is 0. The molecule has 0 unspecified atom stereocenters. The van der Waals surface area contributed by atoms with Crippen molar-refractivity contribution >= 4 is 5.97 Å². The second kappa shape index (κ2) is 8.18. The van der Waals surface area contributed by atoms with Crippen LogP contribution >= 0.6 is 0 Å². The zero-order valence-electron chi connectivity index (χ0n) is 16.0. The third kappa shape index (κ3) is 4.84. The maximum absolute atomic E-state index is 11.2. The number of esters is 1. The zero-order chi connectivity index (χ0) is 17.7. The third-order valence-corrected chi connectivity index (χ3v) is 6.17. The summed E-state index contributed by atoms with van der Waals surface area (Å²) in [7, 11) is 0. The van der Waals surface area contributed by atoms with Gasteiger partial charge in [-0.3, -0.25) is 4.79 Å². The maximum Gasteiger partial charge on any atom is 0.302 e. The lowest BCUT2D eigenvalue weighted by molar-refractivity contribution is -0.140. The fourth-order valence-electron chi connectivity index (χ4n) is 4.53. The molecule has 0 spiro atoms. The van der Waals surface area contributed by atoms with Gasteiger partial charge in [0.25, 0.3) is 0 Å². The lowest BCUT2D eigenvalue weighted by Crippen LogP contribution is -2.26. The van der Waals surface area contributed by atoms with Crippen molar-refractivity contribution in [1.82, 2.24) is 0 Å². The quantitative estimate of drug-likeness (QED) is 0.469. The van der Waals surface area contributed by atoms with Crippen LogP contribution in [0.1, 0.15) is 72.6 Å². The van der Waals surface area contributed by atoms with Gasteiger partial charge in [-0.15, -0.1) is 0 Å². The summed E-state index contributed by atoms with van der Waals surface area (Å²) in [6.07, 6.45) is 12.9. The molecule has 0 saturated heterocycles. The van der Waals surface area contributed by atoms with E-state index in [1.54, 1.807) is 0 Å². The minimum atomic E-state index is -0.188. The Hall–Kier alpha value is -1.31. The first-order valence-corrected chi connectivity index (χ1v) is 9.44. The van der Waals surface area contributed by atoms with Crippen LogP contribution in [-0.2, 0) is 9.53 Å². The molecule has 0 aromatic rings. The van der Waals surface area contributed by atoms with Crippen molar-refractivity contribution in [2.75, 3.05) is 6.61 Å². The molecule has 2 heteroatoms. The van der Waals surface area contributed by atoms with E-state index in [2.05, 4.69) is 39.5 Å². The second-order valence-corrected chi connectivity index (χ2v) is 8.23. The van der Waals surface area contributed by atoms with Crippen LogP contribution in [0.2, 0.25) is 0 Å². The Kier molecular flexibility index (Phi) is 6.48. The lowest BCUT2D eigenvalue weighted by atomic mass is 9.70. The predicted octanol–water partition coefficient (Wildman–Crippen LogP) is 5.99. The van der Waals surface area contributed by atoms with Gasteiger partial charge >= 0.3 is 5.97 Å². The van der Waals surface area contributed by atoms with Crippen LogP contribution in [0.4, 0.5) is 0 Å². The van der Waals surface area contributed by atoms with Gasteiger partial charge in [-0.25, -0.2) is 0 Å². The summed E-state index contributed by atoms with van der Waals surface area (Å²) in [5.74, 6) is 1.13. The minimum Gasteiger partial charge on any atom is -0.461 e. The van der Waals surface area contributed by atoms with Gasteiger partial charge in [0.1, 0.15) is 6.61 Å². The number of fused-ring (bicyclic) bond motifs is 1. The van der Waals surface area contributed by atoms with Gasteiger partial charge < -0.3 is 4.74 Å². The Bertz CT molecular complexity index is 540. The first-order chi connectivity index (χ1) is 11.3. The van der Waals surface area contributed by atoms with Crippen LogP contribution in [0, 0.1) is 17.3 Å². The van der Waals surface area contributed by atoms with Gasteiger partial charge in [-0.2, -0.15) is 0 Å². The molecule has 0 aromatic heterocycles. The van der Waals surface area contributed by atoms with E-state index in [0.717, 1.165) is 19.3 Å². The van der Waals surface area contributed by atoms with E-state index < -0.39 is 0 Å². The summed E-state index contributed by atoms with van der Waals surface area (Å²) in [6, 6.07) is 0. The maximum atomic E-state index is 11.2. The van der Waals surface area contributed by atoms with Crippen LogP contribution in [0.25, 0.3) is 0 Å². The van der Waals surface area contributed by atoms with Crippen LogP contribution in [-0.4, -0.2) is 12.6 Å². The zero-order valence-corrected chi connectivity index (χ0v) is 16.0. The van der Waals surface area contributed by atoms with E-state index in [-0.39, 0.29) is 5.97 Å². The van der Waals surface area contributed by atoms with E-state index in [1.165, 1.54) is 49.3 Å². The highest BCUT2D eigenvalue weighted by atomic mass is 16.5. The molecule has 1 saturated carbocycles. The number of rotatable bonds is 3. The molecule has 0 heterocycles. The summed E-state index contributed by atoms with van der Waals surface area (Å²) in [5, 5.41) is 0. The van der Waals surface area contributed by atoms with Crippen molar-refractivity contribution < 1.29 is 9.53 Å². The van der Waals surface area contributed by atoms with Crippen LogP contribution < -0.4 is 0 Å². The molecule has 2 rings (SSSR count). The average Bonchev–Trinajstić information content (AvgIpc) is 2.83. The number of hydrogen-bond donors (Lipinski definition) is 0. The van der Waals surface area contributed by atoms with Crippen molar-refractivity contribution in [3.8, 4) is 0 Å². The molecule has 0 bridgehead atoms. The van der Waals surface area contributed by atoms with Gasteiger partial charge in [0, 0.05) is 6.92 Å². The SMILES string of the molecule is C=C(C)[C@H]1CC[C@]2(C)C/C=C(\C)CC/C=C(/COC(C)=O)CC[C@@H]12. The molecule has 2 aliphatic rings. The monoisotopic (exact) mass is 330 g/mol. The highest BCUT2D eigenvalue weighted by molar-refractivity contribution is 5.66. The fourth-order valence-corrected chi connectivity index (χ4v) is 4.53. The van der Waals surface area contributed by atoms with E-state index in [9.17, 15) is 4.79 Å². The molecule has 2 aliphatic carbocycles. The lowest BCUT2D eigenvalue weighted by Gasteiger charge is -2.34. The first kappa shape index (κ1) is 19.0. The topological polar surface area (TPSA) is 26.3 Å². The molecule has 0 radical (unpaired) electrons. The Morgan fingerprint density at radius 3 is 2.71 bits per heavy atom. The highest BCUT2D eigenvalue weighted by Crippen LogP contribution is 2.53. The first-order valence-electron chi connectivity index (χ1n) is 9.44. The van der Waals surface area contributed by atoms with Crippen molar-refractivity contribution in [2.45, 2.75) is 72.6 Å². The predicted molar refractivity (Wildman–Crippen MR) is 101 cm³/mol. The standard InChI is InChI=1S/C22H34O2/c1-16(2)20-12-14-22(5)13-11-17(3)7-6-8-19(9-10-21(20)22)15-24-18(4)23/h8,11,20-21H,1,6-7,9-10,12-15H2,2-5H3/b17-11+,19-8+/t20-,21+,22+/m1/s1. The van der Waals surface area contributed by atoms with Crippen LogP contribution in [0.3, 0.4) is 0 Å². The molecule has 3 atom stereocenters. The summed E-state index contributed by atoms with van der Waals surface area (Å²) < 4.78 is 5.28. The van der Waals surface area contributed by atoms with E-state index in [1.807, 2.05) is 0 Å². The van der Waals surface area contributed by atoms with Crippen molar-refractivity contribution in [3.05, 3.63) is 35.5 Å². The van der Waals surface area contributed by atoms with Gasteiger partial charge in [0.05, 0.1) is 0 Å². The molecule has 0 aliphatic heterocycles. The number of carbonyl (C=O) groups is 1. The molecule has 2 nitrogen and oxygen atoms in total. The molecule has 0 aromatic carbocycles. The van der Waals surface area contributed by atoms with Crippen molar-refractivity contribution in [3.63, 3.8) is 0 Å². The van der Waals surface area contributed by atoms with Gasteiger partial charge in [-0.05, 0) is 81.6 Å². The summed E-state index contributed by atoms with van der Waals surface area (Å²) in [5.41, 5.74) is 4.49. The number of allylic oxidation sites excluding steroid dienone is 4. The van der Waals surface area contributed by atoms with Crippen LogP contribution in [0.5, 0.6) is 0 Å². The van der Waals surface area contributed by atoms with Gasteiger partial charge in [-0.1, -0.05) is 36.8 Å². The third-order valence-electron chi connectivity index (χ3n) is 6.17. The Labute approximate surface area is 148 Å². The van der Waals surface area contributed by atoms with E-state index in [0.29, 0.717) is 23.9 Å². The molecule has 1 fully saturated rings. The molecular formula is C22H34O2. The largest absolute Gasteiger partial charge is 0.461 e. The van der Waals surface area contributed by atoms with Gasteiger partial charge in [0.15, 0.2) is 0 Å². The van der Waals surface area contributed by atoms with Gasteiger partial charge in [0.2, 0.25) is 0 Å². The minimum absolute atomic E-state index is 0.188. The number of hydrogen-bond acceptors (Lipinski definition) is 2. The highest BCUT2D eigenvalue weighted by Gasteiger charge is 2.44. The van der Waals surface area contributed by atoms with Crippen LogP contribution in [0.15, 0.2) is 35.5 Å². The normalized spacial score (nSPS) is 35.7.